The molecule has 0 aromatic heterocycles. The van der Waals surface area contributed by atoms with Crippen molar-refractivity contribution in [2.24, 2.45) is 5.92 Å². The van der Waals surface area contributed by atoms with Crippen LogP contribution in [0.3, 0.4) is 0 Å². The average molecular weight is 544 g/mol. The highest BCUT2D eigenvalue weighted by Crippen LogP contribution is 2.32. The lowest BCUT2D eigenvalue weighted by Gasteiger charge is -2.25. The number of rotatable bonds is 10. The lowest BCUT2D eigenvalue weighted by Crippen LogP contribution is -2.38. The van der Waals surface area contributed by atoms with Gasteiger partial charge in [0, 0.05) is 6.54 Å². The van der Waals surface area contributed by atoms with Crippen LogP contribution >= 0.6 is 11.6 Å². The zero-order valence-electron chi connectivity index (χ0n) is 21.1. The summed E-state index contributed by atoms with van der Waals surface area (Å²) in [5.41, 5.74) is 1.62. The number of hydrogen-bond acceptors (Lipinski definition) is 5. The van der Waals surface area contributed by atoms with E-state index in [0.29, 0.717) is 12.3 Å². The normalized spacial score (nSPS) is 11.2. The predicted molar refractivity (Wildman–Crippen MR) is 146 cm³/mol. The number of para-hydroxylation sites is 1. The zero-order chi connectivity index (χ0) is 27.2. The lowest BCUT2D eigenvalue weighted by atomic mass is 10.1. The van der Waals surface area contributed by atoms with Gasteiger partial charge in [0.2, 0.25) is 5.91 Å². The van der Waals surface area contributed by atoms with Gasteiger partial charge in [0.15, 0.2) is 0 Å². The third kappa shape index (κ3) is 7.02. The molecule has 8 nitrogen and oxygen atoms in total. The van der Waals surface area contributed by atoms with Crippen LogP contribution in [0, 0.1) is 12.8 Å². The zero-order valence-corrected chi connectivity index (χ0v) is 22.7. The SMILES string of the molecule is COc1ccc(N(CC(=O)Nc2ccccc2C(=O)NCC(C)C)S(=O)(=O)c2ccc(C)cc2)cc1Cl. The number of methoxy groups -OCH3 is 1. The first-order chi connectivity index (χ1) is 17.5. The highest BCUT2D eigenvalue weighted by molar-refractivity contribution is 7.92. The highest BCUT2D eigenvalue weighted by Gasteiger charge is 2.28. The molecule has 0 aliphatic heterocycles. The highest BCUT2D eigenvalue weighted by atomic mass is 35.5. The van der Waals surface area contributed by atoms with Gasteiger partial charge in [0.05, 0.1) is 34.0 Å². The fourth-order valence-corrected chi connectivity index (χ4v) is 5.13. The number of carbonyl (C=O) groups is 2. The van der Waals surface area contributed by atoms with Gasteiger partial charge >= 0.3 is 0 Å². The number of nitrogens with zero attached hydrogens (tertiary/aromatic N) is 1. The minimum absolute atomic E-state index is 0.0197. The summed E-state index contributed by atoms with van der Waals surface area (Å²) in [6.45, 7) is 5.72. The molecule has 3 aromatic rings. The second kappa shape index (κ2) is 12.1. The van der Waals surface area contributed by atoms with Crippen molar-refractivity contribution in [3.8, 4) is 5.75 Å². The van der Waals surface area contributed by atoms with Crippen molar-refractivity contribution in [2.75, 3.05) is 29.8 Å². The fourth-order valence-electron chi connectivity index (χ4n) is 3.47. The summed E-state index contributed by atoms with van der Waals surface area (Å²) in [6, 6.07) is 17.3. The molecule has 0 saturated heterocycles. The second-order valence-electron chi connectivity index (χ2n) is 8.84. The van der Waals surface area contributed by atoms with Gasteiger partial charge in [-0.1, -0.05) is 55.3 Å². The van der Waals surface area contributed by atoms with Crippen LogP contribution in [0.1, 0.15) is 29.8 Å². The van der Waals surface area contributed by atoms with Crippen LogP contribution in [0.15, 0.2) is 71.6 Å². The van der Waals surface area contributed by atoms with Gasteiger partial charge < -0.3 is 15.4 Å². The number of amides is 2. The predicted octanol–water partition coefficient (Wildman–Crippen LogP) is 4.88. The van der Waals surface area contributed by atoms with Crippen LogP contribution in [0.5, 0.6) is 5.75 Å². The van der Waals surface area contributed by atoms with Gasteiger partial charge in [-0.25, -0.2) is 8.42 Å². The second-order valence-corrected chi connectivity index (χ2v) is 11.1. The lowest BCUT2D eigenvalue weighted by molar-refractivity contribution is -0.114. The Balaban J connectivity index is 1.94. The summed E-state index contributed by atoms with van der Waals surface area (Å²) in [7, 11) is -2.70. The minimum Gasteiger partial charge on any atom is -0.495 e. The Morgan fingerprint density at radius 2 is 1.70 bits per heavy atom. The Bertz CT molecular complexity index is 1380. The van der Waals surface area contributed by atoms with Crippen LogP contribution in [0.4, 0.5) is 11.4 Å². The molecule has 0 unspecified atom stereocenters. The molecule has 0 bridgehead atoms. The first kappa shape index (κ1) is 28.0. The molecule has 0 heterocycles. The van der Waals surface area contributed by atoms with E-state index < -0.39 is 22.5 Å². The molecule has 0 spiro atoms. The van der Waals surface area contributed by atoms with Crippen molar-refractivity contribution in [3.05, 3.63) is 82.9 Å². The molecule has 0 radical (unpaired) electrons. The minimum atomic E-state index is -4.15. The van der Waals surface area contributed by atoms with Crippen molar-refractivity contribution >= 4 is 44.8 Å². The number of aryl methyl sites for hydroxylation is 1. The molecular formula is C27H30ClN3O5S. The molecule has 0 aliphatic rings. The standard InChI is InChI=1S/C27H30ClN3O5S/c1-18(2)16-29-27(33)22-7-5-6-8-24(22)30-26(32)17-31(20-11-14-25(36-4)23(28)15-20)37(34,35)21-12-9-19(3)10-13-21/h5-15,18H,16-17H2,1-4H3,(H,29,33)(H,30,32). The van der Waals surface area contributed by atoms with E-state index in [9.17, 15) is 18.0 Å². The van der Waals surface area contributed by atoms with Crippen molar-refractivity contribution in [2.45, 2.75) is 25.7 Å². The molecular weight excluding hydrogens is 514 g/mol. The van der Waals surface area contributed by atoms with E-state index in [0.717, 1.165) is 9.87 Å². The van der Waals surface area contributed by atoms with Gasteiger partial charge in [-0.2, -0.15) is 0 Å². The maximum Gasteiger partial charge on any atom is 0.264 e. The summed E-state index contributed by atoms with van der Waals surface area (Å²) in [5, 5.41) is 5.70. The molecule has 10 heteroatoms. The molecule has 37 heavy (non-hydrogen) atoms. The van der Waals surface area contributed by atoms with Crippen LogP contribution in [-0.4, -0.2) is 40.4 Å². The number of benzene rings is 3. The van der Waals surface area contributed by atoms with Gasteiger partial charge in [-0.05, 0) is 55.3 Å². The maximum atomic E-state index is 13.6. The van der Waals surface area contributed by atoms with Crippen LogP contribution in [0.2, 0.25) is 5.02 Å². The third-order valence-electron chi connectivity index (χ3n) is 5.44. The first-order valence-electron chi connectivity index (χ1n) is 11.6. The van der Waals surface area contributed by atoms with Gasteiger partial charge in [-0.3, -0.25) is 13.9 Å². The summed E-state index contributed by atoms with van der Waals surface area (Å²) in [4.78, 5) is 25.9. The Hall–Kier alpha value is -3.56. The van der Waals surface area contributed by atoms with E-state index in [1.54, 1.807) is 36.4 Å². The Morgan fingerprint density at radius 1 is 1.03 bits per heavy atom. The van der Waals surface area contributed by atoms with E-state index in [2.05, 4.69) is 10.6 Å². The van der Waals surface area contributed by atoms with Gasteiger partial charge in [-0.15, -0.1) is 0 Å². The third-order valence-corrected chi connectivity index (χ3v) is 7.52. The summed E-state index contributed by atoms with van der Waals surface area (Å²) in [5.74, 6) is -0.353. The number of halogens is 1. The monoisotopic (exact) mass is 543 g/mol. The quantitative estimate of drug-likeness (QED) is 0.379. The van der Waals surface area contributed by atoms with E-state index >= 15 is 0 Å². The first-order valence-corrected chi connectivity index (χ1v) is 13.4. The number of ether oxygens (including phenoxy) is 1. The average Bonchev–Trinajstić information content (AvgIpc) is 2.86. The molecule has 2 amide bonds. The van der Waals surface area contributed by atoms with Crippen molar-refractivity contribution in [1.82, 2.24) is 5.32 Å². The topological polar surface area (TPSA) is 105 Å². The Morgan fingerprint density at radius 3 is 2.32 bits per heavy atom. The summed E-state index contributed by atoms with van der Waals surface area (Å²) >= 11 is 6.27. The molecule has 3 rings (SSSR count). The van der Waals surface area contributed by atoms with E-state index in [-0.39, 0.29) is 38.7 Å². The van der Waals surface area contributed by atoms with Gasteiger partial charge in [0.1, 0.15) is 12.3 Å². The Labute approximate surface area is 222 Å². The molecule has 0 atom stereocenters. The summed E-state index contributed by atoms with van der Waals surface area (Å²) < 4.78 is 33.4. The Kier molecular flexibility index (Phi) is 9.18. The largest absolute Gasteiger partial charge is 0.495 e. The molecule has 3 aromatic carbocycles. The van der Waals surface area contributed by atoms with Crippen LogP contribution in [0.25, 0.3) is 0 Å². The molecule has 0 saturated carbocycles. The van der Waals surface area contributed by atoms with Crippen molar-refractivity contribution in [1.29, 1.82) is 0 Å². The number of carbonyl (C=O) groups excluding carboxylic acids is 2. The van der Waals surface area contributed by atoms with Crippen molar-refractivity contribution in [3.63, 3.8) is 0 Å². The van der Waals surface area contributed by atoms with Gasteiger partial charge in [0.25, 0.3) is 15.9 Å². The number of nitrogens with one attached hydrogen (secondary N) is 2. The molecule has 2 N–H and O–H groups in total. The van der Waals surface area contributed by atoms with Crippen molar-refractivity contribution < 1.29 is 22.7 Å². The smallest absolute Gasteiger partial charge is 0.264 e. The summed E-state index contributed by atoms with van der Waals surface area (Å²) in [6.07, 6.45) is 0. The van der Waals surface area contributed by atoms with Crippen LogP contribution < -0.4 is 19.7 Å². The van der Waals surface area contributed by atoms with E-state index in [4.69, 9.17) is 16.3 Å². The van der Waals surface area contributed by atoms with Crippen LogP contribution in [-0.2, 0) is 14.8 Å². The number of hydrogen-bond donors (Lipinski definition) is 2. The molecule has 0 aliphatic carbocycles. The molecule has 0 fully saturated rings. The number of sulfonamides is 1. The van der Waals surface area contributed by atoms with E-state index in [1.807, 2.05) is 20.8 Å². The molecule has 196 valence electrons. The van der Waals surface area contributed by atoms with E-state index in [1.165, 1.54) is 37.4 Å². The fraction of sp³-hybridized carbons (Fsp3) is 0.259. The maximum absolute atomic E-state index is 13.6. The number of anilines is 2.